The number of benzene rings is 2. The number of aromatic nitrogens is 1. The van der Waals surface area contributed by atoms with Gasteiger partial charge < -0.3 is 4.57 Å². The molecular formula is C18H13ClN4O5S. The summed E-state index contributed by atoms with van der Waals surface area (Å²) in [5.74, 6) is -0.829. The average molecular weight is 433 g/mol. The van der Waals surface area contributed by atoms with E-state index in [0.29, 0.717) is 16.4 Å². The van der Waals surface area contributed by atoms with Crippen LogP contribution in [0, 0.1) is 27.2 Å². The molecule has 0 saturated heterocycles. The molecule has 11 heteroatoms. The van der Waals surface area contributed by atoms with E-state index in [-0.39, 0.29) is 5.56 Å². The largest absolute Gasteiger partial charge is 0.312 e. The Hall–Kier alpha value is -3.37. The first-order chi connectivity index (χ1) is 13.7. The van der Waals surface area contributed by atoms with Gasteiger partial charge in [0.1, 0.15) is 0 Å². The van der Waals surface area contributed by atoms with Gasteiger partial charge in [0.05, 0.1) is 31.7 Å². The molecule has 0 aliphatic heterocycles. The lowest BCUT2D eigenvalue weighted by Gasteiger charge is -2.05. The molecule has 3 aromatic rings. The number of fused-ring (bicyclic) bond motifs is 1. The molecule has 2 aromatic carbocycles. The van der Waals surface area contributed by atoms with Crippen LogP contribution >= 0.6 is 22.9 Å². The van der Waals surface area contributed by atoms with E-state index in [0.717, 1.165) is 34.0 Å². The molecule has 0 bridgehead atoms. The maximum absolute atomic E-state index is 12.7. The molecule has 0 spiro atoms. The number of nitrogens with zero attached hydrogens (tertiary/aromatic N) is 4. The van der Waals surface area contributed by atoms with Gasteiger partial charge in [-0.15, -0.1) is 6.58 Å². The fourth-order valence-electron chi connectivity index (χ4n) is 2.78. The lowest BCUT2D eigenvalue weighted by Crippen LogP contribution is -2.17. The maximum atomic E-state index is 12.7. The number of carbonyl (C=O) groups is 1. The zero-order valence-electron chi connectivity index (χ0n) is 15.0. The minimum Gasteiger partial charge on any atom is -0.312 e. The summed E-state index contributed by atoms with van der Waals surface area (Å²) in [5, 5.41) is 22.7. The van der Waals surface area contributed by atoms with Crippen molar-refractivity contribution in [2.45, 2.75) is 13.5 Å². The molecule has 3 rings (SSSR count). The Labute approximate surface area is 172 Å². The van der Waals surface area contributed by atoms with Crippen LogP contribution in [0.5, 0.6) is 0 Å². The highest BCUT2D eigenvalue weighted by atomic mass is 35.5. The van der Waals surface area contributed by atoms with E-state index in [1.165, 1.54) is 11.3 Å². The van der Waals surface area contributed by atoms with Crippen molar-refractivity contribution in [2.75, 3.05) is 0 Å². The van der Waals surface area contributed by atoms with Crippen LogP contribution < -0.4 is 4.80 Å². The summed E-state index contributed by atoms with van der Waals surface area (Å²) in [6.07, 6.45) is 1.63. The second-order valence-corrected chi connectivity index (χ2v) is 7.39. The Kier molecular flexibility index (Phi) is 5.57. The number of rotatable bonds is 5. The highest BCUT2D eigenvalue weighted by molar-refractivity contribution is 7.16. The predicted octanol–water partition coefficient (Wildman–Crippen LogP) is 4.41. The first-order valence-electron chi connectivity index (χ1n) is 8.15. The van der Waals surface area contributed by atoms with E-state index in [2.05, 4.69) is 11.6 Å². The second-order valence-electron chi connectivity index (χ2n) is 5.97. The molecule has 0 atom stereocenters. The summed E-state index contributed by atoms with van der Waals surface area (Å²) < 4.78 is 2.59. The van der Waals surface area contributed by atoms with Crippen LogP contribution in [-0.4, -0.2) is 20.3 Å². The summed E-state index contributed by atoms with van der Waals surface area (Å²) in [6, 6.07) is 6.26. The first-order valence-corrected chi connectivity index (χ1v) is 9.34. The third-order valence-corrected chi connectivity index (χ3v) is 5.56. The number of allylic oxidation sites excluding steroid dienone is 1. The Morgan fingerprint density at radius 1 is 1.24 bits per heavy atom. The van der Waals surface area contributed by atoms with Crippen molar-refractivity contribution in [2.24, 2.45) is 4.99 Å². The van der Waals surface area contributed by atoms with Crippen molar-refractivity contribution in [1.29, 1.82) is 0 Å². The van der Waals surface area contributed by atoms with Crippen LogP contribution in [0.25, 0.3) is 10.2 Å². The van der Waals surface area contributed by atoms with Crippen LogP contribution in [0.1, 0.15) is 15.9 Å². The van der Waals surface area contributed by atoms with Crippen LogP contribution in [-0.2, 0) is 6.54 Å². The van der Waals surface area contributed by atoms with Gasteiger partial charge in [-0.3, -0.25) is 25.0 Å². The summed E-state index contributed by atoms with van der Waals surface area (Å²) in [6.45, 7) is 5.90. The number of aryl methyl sites for hydroxylation is 1. The molecular weight excluding hydrogens is 420 g/mol. The number of hydrogen-bond donors (Lipinski definition) is 0. The summed E-state index contributed by atoms with van der Waals surface area (Å²) in [4.78, 5) is 37.6. The number of hydrogen-bond acceptors (Lipinski definition) is 6. The molecule has 0 saturated carbocycles. The van der Waals surface area contributed by atoms with Gasteiger partial charge in [-0.1, -0.05) is 29.0 Å². The Balaban J connectivity index is 2.22. The average Bonchev–Trinajstić information content (AvgIpc) is 3.02. The van der Waals surface area contributed by atoms with Crippen LogP contribution in [0.3, 0.4) is 0 Å². The lowest BCUT2D eigenvalue weighted by molar-refractivity contribution is -0.394. The Bertz CT molecular complexity index is 1230. The molecule has 9 nitrogen and oxygen atoms in total. The minimum atomic E-state index is -0.829. The lowest BCUT2D eigenvalue weighted by atomic mass is 10.1. The van der Waals surface area contributed by atoms with E-state index in [9.17, 15) is 25.0 Å². The van der Waals surface area contributed by atoms with Crippen molar-refractivity contribution in [3.8, 4) is 0 Å². The van der Waals surface area contributed by atoms with Crippen molar-refractivity contribution >= 4 is 50.4 Å². The van der Waals surface area contributed by atoms with Crippen molar-refractivity contribution in [1.82, 2.24) is 4.57 Å². The topological polar surface area (TPSA) is 121 Å². The number of thiazole rings is 1. The molecule has 1 amide bonds. The molecule has 0 N–H and O–H groups in total. The van der Waals surface area contributed by atoms with Crippen LogP contribution in [0.15, 0.2) is 48.0 Å². The molecule has 148 valence electrons. The van der Waals surface area contributed by atoms with E-state index in [1.54, 1.807) is 22.8 Å². The van der Waals surface area contributed by atoms with E-state index in [1.807, 2.05) is 6.92 Å². The maximum Gasteiger partial charge on any atom is 0.280 e. The van der Waals surface area contributed by atoms with E-state index < -0.39 is 27.1 Å². The van der Waals surface area contributed by atoms with Gasteiger partial charge in [0.25, 0.3) is 17.3 Å². The van der Waals surface area contributed by atoms with Gasteiger partial charge in [-0.2, -0.15) is 4.99 Å². The van der Waals surface area contributed by atoms with Crippen molar-refractivity contribution < 1.29 is 14.6 Å². The molecule has 0 unspecified atom stereocenters. The number of nitro groups is 2. The molecule has 0 aliphatic rings. The van der Waals surface area contributed by atoms with Gasteiger partial charge >= 0.3 is 0 Å². The van der Waals surface area contributed by atoms with Crippen molar-refractivity contribution in [3.63, 3.8) is 0 Å². The van der Waals surface area contributed by atoms with Crippen molar-refractivity contribution in [3.05, 3.63) is 84.2 Å². The number of amides is 1. The van der Waals surface area contributed by atoms with Gasteiger partial charge in [0, 0.05) is 23.7 Å². The number of carbonyl (C=O) groups excluding carboxylic acids is 1. The highest BCUT2D eigenvalue weighted by Crippen LogP contribution is 2.27. The number of halogens is 1. The third kappa shape index (κ3) is 3.93. The molecule has 0 fully saturated rings. The second kappa shape index (κ2) is 7.94. The van der Waals surface area contributed by atoms with Crippen LogP contribution in [0.2, 0.25) is 5.02 Å². The fraction of sp³-hybridized carbons (Fsp3) is 0.111. The van der Waals surface area contributed by atoms with Gasteiger partial charge in [0.2, 0.25) is 0 Å². The minimum absolute atomic E-state index is 0.247. The molecule has 1 heterocycles. The van der Waals surface area contributed by atoms with Gasteiger partial charge in [-0.05, 0) is 24.6 Å². The normalized spacial score (nSPS) is 11.6. The summed E-state index contributed by atoms with van der Waals surface area (Å²) >= 11 is 7.44. The fourth-order valence-corrected chi connectivity index (χ4v) is 4.03. The highest BCUT2D eigenvalue weighted by Gasteiger charge is 2.20. The summed E-state index contributed by atoms with van der Waals surface area (Å²) in [5.41, 5.74) is 0.232. The first kappa shape index (κ1) is 20.4. The molecule has 0 aliphatic carbocycles. The monoisotopic (exact) mass is 432 g/mol. The van der Waals surface area contributed by atoms with Gasteiger partial charge in [0.15, 0.2) is 4.80 Å². The van der Waals surface area contributed by atoms with Crippen LogP contribution in [0.4, 0.5) is 11.4 Å². The van der Waals surface area contributed by atoms with E-state index >= 15 is 0 Å². The quantitative estimate of drug-likeness (QED) is 0.336. The Morgan fingerprint density at radius 2 is 1.86 bits per heavy atom. The van der Waals surface area contributed by atoms with E-state index in [4.69, 9.17) is 11.6 Å². The Morgan fingerprint density at radius 3 is 2.41 bits per heavy atom. The zero-order chi connectivity index (χ0) is 21.3. The SMILES string of the molecule is C=CCn1c(=NC(=O)c2cc([N+](=O)[O-])cc([N+](=O)[O-])c2)sc2ccc(Cl)c(C)c21. The number of nitro benzene ring substituents is 2. The summed E-state index contributed by atoms with van der Waals surface area (Å²) in [7, 11) is 0. The van der Waals surface area contributed by atoms with Gasteiger partial charge in [-0.25, -0.2) is 0 Å². The number of non-ortho nitro benzene ring substituents is 2. The molecule has 0 radical (unpaired) electrons. The molecule has 29 heavy (non-hydrogen) atoms. The third-order valence-electron chi connectivity index (χ3n) is 4.11. The smallest absolute Gasteiger partial charge is 0.280 e. The zero-order valence-corrected chi connectivity index (χ0v) is 16.6. The standard InChI is InChI=1S/C18H13ClN4O5S/c1-3-6-21-16-10(2)14(19)4-5-15(16)29-18(21)20-17(24)11-7-12(22(25)26)9-13(8-11)23(27)28/h3-5,7-9H,1,6H2,2H3. The predicted molar refractivity (Wildman–Crippen MR) is 109 cm³/mol. The molecule has 1 aromatic heterocycles.